The van der Waals surface area contributed by atoms with Crippen LogP contribution in [-0.4, -0.2) is 20.2 Å². The van der Waals surface area contributed by atoms with Gasteiger partial charge in [-0.1, -0.05) is 34.9 Å². The second kappa shape index (κ2) is 5.45. The van der Waals surface area contributed by atoms with Crippen LogP contribution in [-0.2, 0) is 13.1 Å². The molecule has 1 N–H and O–H groups in total. The van der Waals surface area contributed by atoms with Gasteiger partial charge in [0, 0.05) is 11.6 Å². The Balaban J connectivity index is 1.99. The van der Waals surface area contributed by atoms with Gasteiger partial charge in [0.05, 0.1) is 6.54 Å². The van der Waals surface area contributed by atoms with E-state index < -0.39 is 0 Å². The van der Waals surface area contributed by atoms with E-state index in [0.29, 0.717) is 19.0 Å². The van der Waals surface area contributed by atoms with Crippen LogP contribution in [0.5, 0.6) is 0 Å². The highest BCUT2D eigenvalue weighted by Gasteiger charge is 2.03. The van der Waals surface area contributed by atoms with Crippen molar-refractivity contribution < 1.29 is 0 Å². The van der Waals surface area contributed by atoms with Gasteiger partial charge in [0.15, 0.2) is 0 Å². The number of aromatic nitrogens is 4. The van der Waals surface area contributed by atoms with Crippen molar-refractivity contribution in [1.82, 2.24) is 20.2 Å². The number of hydrogen-bond donors (Lipinski definition) is 1. The summed E-state index contributed by atoms with van der Waals surface area (Å²) in [4.78, 5) is 0. The molecule has 0 aliphatic heterocycles. The Kier molecular flexibility index (Phi) is 3.72. The van der Waals surface area contributed by atoms with Crippen LogP contribution in [0.15, 0.2) is 36.9 Å². The Morgan fingerprint density at radius 2 is 2.12 bits per heavy atom. The Morgan fingerprint density at radius 3 is 2.82 bits per heavy atom. The van der Waals surface area contributed by atoms with Crippen molar-refractivity contribution in [3.05, 3.63) is 47.5 Å². The first-order chi connectivity index (χ1) is 8.29. The molecule has 0 aliphatic carbocycles. The summed E-state index contributed by atoms with van der Waals surface area (Å²) in [7, 11) is 0. The maximum Gasteiger partial charge on any atom is 0.243 e. The van der Waals surface area contributed by atoms with E-state index in [0.717, 1.165) is 10.6 Å². The fourth-order valence-electron chi connectivity index (χ4n) is 1.36. The van der Waals surface area contributed by atoms with Crippen molar-refractivity contribution >= 4 is 17.5 Å². The molecule has 0 bridgehead atoms. The summed E-state index contributed by atoms with van der Waals surface area (Å²) < 4.78 is 1.64. The summed E-state index contributed by atoms with van der Waals surface area (Å²) in [6.45, 7) is 4.87. The van der Waals surface area contributed by atoms with Crippen molar-refractivity contribution in [2.24, 2.45) is 0 Å². The van der Waals surface area contributed by atoms with Crippen LogP contribution in [0.2, 0.25) is 5.02 Å². The molecule has 5 nitrogen and oxygen atoms in total. The minimum absolute atomic E-state index is 0.579. The smallest absolute Gasteiger partial charge is 0.243 e. The van der Waals surface area contributed by atoms with Gasteiger partial charge in [-0.25, -0.2) is 4.68 Å². The van der Waals surface area contributed by atoms with Gasteiger partial charge in [-0.05, 0) is 28.1 Å². The van der Waals surface area contributed by atoms with Gasteiger partial charge in [0.2, 0.25) is 5.95 Å². The van der Waals surface area contributed by atoms with E-state index in [-0.39, 0.29) is 0 Å². The van der Waals surface area contributed by atoms with E-state index in [4.69, 9.17) is 11.6 Å². The van der Waals surface area contributed by atoms with Crippen molar-refractivity contribution in [1.29, 1.82) is 0 Å². The number of rotatable bonds is 5. The lowest BCUT2D eigenvalue weighted by Crippen LogP contribution is -2.08. The maximum absolute atomic E-state index is 5.81. The first-order valence-corrected chi connectivity index (χ1v) is 5.53. The molecule has 1 heterocycles. The molecule has 1 aromatic carbocycles. The van der Waals surface area contributed by atoms with Gasteiger partial charge in [0.25, 0.3) is 0 Å². The van der Waals surface area contributed by atoms with E-state index in [9.17, 15) is 0 Å². The predicted octanol–water partition coefficient (Wildman–Crippen LogP) is 2.12. The molecule has 2 aromatic rings. The summed E-state index contributed by atoms with van der Waals surface area (Å²) in [5.74, 6) is 0.625. The minimum Gasteiger partial charge on any atom is -0.349 e. The first-order valence-electron chi connectivity index (χ1n) is 5.15. The third-order valence-corrected chi connectivity index (χ3v) is 2.45. The average molecular weight is 250 g/mol. The topological polar surface area (TPSA) is 55.6 Å². The van der Waals surface area contributed by atoms with Crippen molar-refractivity contribution in [2.45, 2.75) is 13.1 Å². The van der Waals surface area contributed by atoms with E-state index in [1.54, 1.807) is 10.8 Å². The average Bonchev–Trinajstić information content (AvgIpc) is 2.77. The number of benzene rings is 1. The zero-order chi connectivity index (χ0) is 12.1. The van der Waals surface area contributed by atoms with Crippen LogP contribution in [0.4, 0.5) is 5.95 Å². The lowest BCUT2D eigenvalue weighted by molar-refractivity contribution is 0.663. The summed E-state index contributed by atoms with van der Waals surface area (Å²) in [5.41, 5.74) is 1.11. The molecule has 0 fully saturated rings. The van der Waals surface area contributed by atoms with Gasteiger partial charge in [0.1, 0.15) is 0 Å². The molecule has 0 aliphatic rings. The molecule has 0 saturated carbocycles. The standard InChI is InChI=1S/C11H12ClN5/c1-2-7-17-11(14-15-16-17)13-8-9-3-5-10(12)6-4-9/h2-6H,1,7-8H2,(H,13,14,16). The fourth-order valence-corrected chi connectivity index (χ4v) is 1.49. The SMILES string of the molecule is C=CCn1nnnc1NCc1ccc(Cl)cc1. The number of nitrogens with zero attached hydrogens (tertiary/aromatic N) is 4. The number of anilines is 1. The van der Waals surface area contributed by atoms with Gasteiger partial charge in [-0.3, -0.25) is 0 Å². The van der Waals surface area contributed by atoms with Crippen LogP contribution in [0, 0.1) is 0 Å². The van der Waals surface area contributed by atoms with Gasteiger partial charge in [-0.15, -0.1) is 6.58 Å². The highest BCUT2D eigenvalue weighted by Crippen LogP contribution is 2.10. The monoisotopic (exact) mass is 249 g/mol. The first kappa shape index (κ1) is 11.6. The van der Waals surface area contributed by atoms with Gasteiger partial charge >= 0.3 is 0 Å². The Labute approximate surface area is 104 Å². The molecule has 17 heavy (non-hydrogen) atoms. The lowest BCUT2D eigenvalue weighted by Gasteiger charge is -2.05. The quantitative estimate of drug-likeness (QED) is 0.825. The summed E-state index contributed by atoms with van der Waals surface area (Å²) in [5, 5.41) is 15.2. The molecular weight excluding hydrogens is 238 g/mol. The number of hydrogen-bond acceptors (Lipinski definition) is 4. The Hall–Kier alpha value is -1.88. The van der Waals surface area contributed by atoms with E-state index in [1.165, 1.54) is 0 Å². The molecule has 0 amide bonds. The van der Waals surface area contributed by atoms with Crippen LogP contribution < -0.4 is 5.32 Å². The van der Waals surface area contributed by atoms with Crippen LogP contribution in [0.25, 0.3) is 0 Å². The summed E-state index contributed by atoms with van der Waals surface area (Å²) in [6, 6.07) is 7.62. The third-order valence-electron chi connectivity index (χ3n) is 2.20. The molecule has 0 unspecified atom stereocenters. The lowest BCUT2D eigenvalue weighted by atomic mass is 10.2. The van der Waals surface area contributed by atoms with Crippen molar-refractivity contribution in [3.8, 4) is 0 Å². The second-order valence-corrected chi connectivity index (χ2v) is 3.89. The van der Waals surface area contributed by atoms with Crippen LogP contribution >= 0.6 is 11.6 Å². The van der Waals surface area contributed by atoms with E-state index in [1.807, 2.05) is 24.3 Å². The minimum atomic E-state index is 0.579. The van der Waals surface area contributed by atoms with Gasteiger partial charge in [-0.2, -0.15) is 0 Å². The Morgan fingerprint density at radius 1 is 1.35 bits per heavy atom. The third kappa shape index (κ3) is 3.04. The zero-order valence-electron chi connectivity index (χ0n) is 9.17. The van der Waals surface area contributed by atoms with Crippen LogP contribution in [0.3, 0.4) is 0 Å². The Bertz CT molecular complexity index is 491. The molecule has 1 aromatic heterocycles. The largest absolute Gasteiger partial charge is 0.349 e. The maximum atomic E-state index is 5.81. The molecule has 0 spiro atoms. The van der Waals surface area contributed by atoms with Crippen LogP contribution in [0.1, 0.15) is 5.56 Å². The number of nitrogens with one attached hydrogen (secondary N) is 1. The van der Waals surface area contributed by atoms with E-state index in [2.05, 4.69) is 27.4 Å². The highest BCUT2D eigenvalue weighted by atomic mass is 35.5. The van der Waals surface area contributed by atoms with Crippen molar-refractivity contribution in [2.75, 3.05) is 5.32 Å². The highest BCUT2D eigenvalue weighted by molar-refractivity contribution is 6.30. The zero-order valence-corrected chi connectivity index (χ0v) is 9.93. The molecule has 0 atom stereocenters. The number of tetrazole rings is 1. The van der Waals surface area contributed by atoms with Crippen molar-refractivity contribution in [3.63, 3.8) is 0 Å². The van der Waals surface area contributed by atoms with Gasteiger partial charge < -0.3 is 5.32 Å². The summed E-state index contributed by atoms with van der Waals surface area (Å²) in [6.07, 6.45) is 1.74. The van der Waals surface area contributed by atoms with E-state index >= 15 is 0 Å². The molecule has 6 heteroatoms. The fraction of sp³-hybridized carbons (Fsp3) is 0.182. The number of allylic oxidation sites excluding steroid dienone is 1. The predicted molar refractivity (Wildman–Crippen MR) is 66.8 cm³/mol. The number of halogens is 1. The molecule has 0 radical (unpaired) electrons. The summed E-state index contributed by atoms with van der Waals surface area (Å²) >= 11 is 5.81. The second-order valence-electron chi connectivity index (χ2n) is 3.45. The molecular formula is C11H12ClN5. The normalized spacial score (nSPS) is 10.2. The molecule has 0 saturated heterocycles. The molecule has 88 valence electrons. The molecule has 2 rings (SSSR count).